The molecule has 0 heterocycles. The standard InChI is InChI=1S/C11H10N4/c1-8-4-3-5-11(9(8)2)15-14-10(6-12)7-13/h3-5,15H,1-2H3. The molecule has 0 fully saturated rings. The lowest BCUT2D eigenvalue weighted by molar-refractivity contribution is 1.27. The molecule has 1 rings (SSSR count). The molecule has 0 radical (unpaired) electrons. The van der Waals surface area contributed by atoms with Gasteiger partial charge in [0.2, 0.25) is 5.71 Å². The van der Waals surface area contributed by atoms with Crippen LogP contribution in [0.2, 0.25) is 0 Å². The minimum atomic E-state index is -0.184. The number of aryl methyl sites for hydroxylation is 1. The van der Waals surface area contributed by atoms with Gasteiger partial charge in [-0.15, -0.1) is 0 Å². The molecule has 0 aliphatic carbocycles. The first-order valence-corrected chi connectivity index (χ1v) is 4.39. The van der Waals surface area contributed by atoms with Crippen LogP contribution in [0.25, 0.3) is 0 Å². The fourth-order valence-corrected chi connectivity index (χ4v) is 1.06. The lowest BCUT2D eigenvalue weighted by atomic mass is 10.1. The van der Waals surface area contributed by atoms with Gasteiger partial charge >= 0.3 is 0 Å². The molecule has 1 aromatic rings. The molecule has 0 aliphatic heterocycles. The van der Waals surface area contributed by atoms with Crippen LogP contribution in [0.1, 0.15) is 11.1 Å². The third kappa shape index (κ3) is 2.55. The van der Waals surface area contributed by atoms with E-state index in [-0.39, 0.29) is 5.71 Å². The second kappa shape index (κ2) is 4.78. The van der Waals surface area contributed by atoms with Crippen LogP contribution in [-0.4, -0.2) is 5.71 Å². The van der Waals surface area contributed by atoms with Crippen molar-refractivity contribution in [3.63, 3.8) is 0 Å². The topological polar surface area (TPSA) is 72.0 Å². The van der Waals surface area contributed by atoms with Gasteiger partial charge in [-0.2, -0.15) is 15.6 Å². The van der Waals surface area contributed by atoms with Crippen molar-refractivity contribution in [2.45, 2.75) is 13.8 Å². The van der Waals surface area contributed by atoms with E-state index in [4.69, 9.17) is 10.5 Å². The summed E-state index contributed by atoms with van der Waals surface area (Å²) in [6.45, 7) is 3.94. The number of hydrazone groups is 1. The number of anilines is 1. The largest absolute Gasteiger partial charge is 0.276 e. The van der Waals surface area contributed by atoms with E-state index in [9.17, 15) is 0 Å². The lowest BCUT2D eigenvalue weighted by Crippen LogP contribution is -1.98. The first-order chi connectivity index (χ1) is 7.19. The Morgan fingerprint density at radius 1 is 1.27 bits per heavy atom. The van der Waals surface area contributed by atoms with Gasteiger partial charge in [0, 0.05) is 0 Å². The Bertz CT molecular complexity index is 458. The van der Waals surface area contributed by atoms with Crippen LogP contribution in [0, 0.1) is 36.5 Å². The van der Waals surface area contributed by atoms with Crippen molar-refractivity contribution in [3.8, 4) is 12.1 Å². The van der Waals surface area contributed by atoms with Gasteiger partial charge in [0.25, 0.3) is 0 Å². The Kier molecular flexibility index (Phi) is 3.43. The number of nitrogens with zero attached hydrogens (tertiary/aromatic N) is 3. The number of nitriles is 2. The lowest BCUT2D eigenvalue weighted by Gasteiger charge is -2.06. The van der Waals surface area contributed by atoms with Gasteiger partial charge in [0.05, 0.1) is 5.69 Å². The van der Waals surface area contributed by atoms with E-state index in [1.54, 1.807) is 12.1 Å². The fraction of sp³-hybridized carbons (Fsp3) is 0.182. The molecule has 1 aromatic carbocycles. The van der Waals surface area contributed by atoms with E-state index < -0.39 is 0 Å². The monoisotopic (exact) mass is 198 g/mol. The summed E-state index contributed by atoms with van der Waals surface area (Å²) in [6, 6.07) is 9.08. The molecular weight excluding hydrogens is 188 g/mol. The van der Waals surface area contributed by atoms with Gasteiger partial charge < -0.3 is 0 Å². The second-order valence-corrected chi connectivity index (χ2v) is 3.04. The zero-order valence-electron chi connectivity index (χ0n) is 8.57. The minimum Gasteiger partial charge on any atom is -0.276 e. The first-order valence-electron chi connectivity index (χ1n) is 4.39. The summed E-state index contributed by atoms with van der Waals surface area (Å²) < 4.78 is 0. The van der Waals surface area contributed by atoms with E-state index in [2.05, 4.69) is 10.5 Å². The van der Waals surface area contributed by atoms with E-state index in [0.29, 0.717) is 0 Å². The average Bonchev–Trinajstić information content (AvgIpc) is 2.25. The molecule has 0 unspecified atom stereocenters. The summed E-state index contributed by atoms with van der Waals surface area (Å²) in [5.41, 5.74) is 5.50. The number of nitrogens with one attached hydrogen (secondary N) is 1. The maximum absolute atomic E-state index is 8.48. The van der Waals surface area contributed by atoms with Crippen LogP contribution in [0.4, 0.5) is 5.69 Å². The van der Waals surface area contributed by atoms with Crippen LogP contribution in [0.3, 0.4) is 0 Å². The van der Waals surface area contributed by atoms with Gasteiger partial charge in [-0.3, -0.25) is 5.43 Å². The summed E-state index contributed by atoms with van der Waals surface area (Å²) in [4.78, 5) is 0. The van der Waals surface area contributed by atoms with Gasteiger partial charge in [0.1, 0.15) is 12.1 Å². The van der Waals surface area contributed by atoms with Gasteiger partial charge in [-0.1, -0.05) is 12.1 Å². The number of rotatable bonds is 2. The summed E-state index contributed by atoms with van der Waals surface area (Å²) in [5.74, 6) is 0. The summed E-state index contributed by atoms with van der Waals surface area (Å²) in [6.07, 6.45) is 0. The second-order valence-electron chi connectivity index (χ2n) is 3.04. The van der Waals surface area contributed by atoms with Gasteiger partial charge in [-0.05, 0) is 31.0 Å². The van der Waals surface area contributed by atoms with E-state index >= 15 is 0 Å². The number of hydrogen-bond donors (Lipinski definition) is 1. The zero-order valence-corrected chi connectivity index (χ0v) is 8.57. The predicted molar refractivity (Wildman–Crippen MR) is 58.2 cm³/mol. The molecule has 0 atom stereocenters. The highest BCUT2D eigenvalue weighted by molar-refractivity contribution is 6.10. The summed E-state index contributed by atoms with van der Waals surface area (Å²) >= 11 is 0. The minimum absolute atomic E-state index is 0.184. The Morgan fingerprint density at radius 3 is 2.53 bits per heavy atom. The van der Waals surface area contributed by atoms with Crippen LogP contribution in [0.5, 0.6) is 0 Å². The number of benzene rings is 1. The Labute approximate surface area is 88.5 Å². The van der Waals surface area contributed by atoms with Crippen molar-refractivity contribution < 1.29 is 0 Å². The van der Waals surface area contributed by atoms with Crippen molar-refractivity contribution in [1.29, 1.82) is 10.5 Å². The van der Waals surface area contributed by atoms with Crippen molar-refractivity contribution >= 4 is 11.4 Å². The highest BCUT2D eigenvalue weighted by atomic mass is 15.3. The molecule has 15 heavy (non-hydrogen) atoms. The Hall–Kier alpha value is -2.33. The third-order valence-corrected chi connectivity index (χ3v) is 2.10. The SMILES string of the molecule is Cc1cccc(NN=C(C#N)C#N)c1C. The molecule has 0 aromatic heterocycles. The third-order valence-electron chi connectivity index (χ3n) is 2.10. The Balaban J connectivity index is 2.93. The molecular formula is C11H10N4. The normalized spacial score (nSPS) is 8.53. The van der Waals surface area contributed by atoms with Crippen molar-refractivity contribution in [2.75, 3.05) is 5.43 Å². The van der Waals surface area contributed by atoms with E-state index in [1.807, 2.05) is 32.0 Å². The molecule has 0 amide bonds. The molecule has 74 valence electrons. The van der Waals surface area contributed by atoms with Crippen molar-refractivity contribution in [2.24, 2.45) is 5.10 Å². The van der Waals surface area contributed by atoms with E-state index in [0.717, 1.165) is 16.8 Å². The predicted octanol–water partition coefficient (Wildman–Crippen LogP) is 2.12. The summed E-state index contributed by atoms with van der Waals surface area (Å²) in [7, 11) is 0. The Morgan fingerprint density at radius 2 is 1.93 bits per heavy atom. The molecule has 4 heteroatoms. The molecule has 0 saturated heterocycles. The molecule has 1 N–H and O–H groups in total. The molecule has 0 bridgehead atoms. The first kappa shape index (κ1) is 10.7. The molecule has 0 aliphatic rings. The smallest absolute Gasteiger partial charge is 0.237 e. The highest BCUT2D eigenvalue weighted by Gasteiger charge is 1.99. The van der Waals surface area contributed by atoms with Crippen molar-refractivity contribution in [1.82, 2.24) is 0 Å². The van der Waals surface area contributed by atoms with E-state index in [1.165, 1.54) is 0 Å². The van der Waals surface area contributed by atoms with Crippen LogP contribution < -0.4 is 5.43 Å². The number of hydrogen-bond acceptors (Lipinski definition) is 4. The highest BCUT2D eigenvalue weighted by Crippen LogP contribution is 2.17. The molecule has 4 nitrogen and oxygen atoms in total. The maximum Gasteiger partial charge on any atom is 0.237 e. The van der Waals surface area contributed by atoms with Crippen molar-refractivity contribution in [3.05, 3.63) is 29.3 Å². The molecule has 0 saturated carbocycles. The summed E-state index contributed by atoms with van der Waals surface area (Å²) in [5, 5.41) is 20.6. The van der Waals surface area contributed by atoms with Gasteiger partial charge in [-0.25, -0.2) is 0 Å². The molecule has 0 spiro atoms. The average molecular weight is 198 g/mol. The maximum atomic E-state index is 8.48. The van der Waals surface area contributed by atoms with Crippen LogP contribution >= 0.6 is 0 Å². The quantitative estimate of drug-likeness (QED) is 0.584. The van der Waals surface area contributed by atoms with Crippen LogP contribution in [-0.2, 0) is 0 Å². The van der Waals surface area contributed by atoms with Crippen LogP contribution in [0.15, 0.2) is 23.3 Å². The van der Waals surface area contributed by atoms with Gasteiger partial charge in [0.15, 0.2) is 0 Å². The fourth-order valence-electron chi connectivity index (χ4n) is 1.06. The zero-order chi connectivity index (χ0) is 11.3.